The predicted octanol–water partition coefficient (Wildman–Crippen LogP) is 2.26. The van der Waals surface area contributed by atoms with Crippen molar-refractivity contribution < 1.29 is 13.9 Å². The van der Waals surface area contributed by atoms with Crippen molar-refractivity contribution >= 4 is 5.91 Å². The minimum atomic E-state index is -0.401. The lowest BCUT2D eigenvalue weighted by atomic mass is 10.1. The molecule has 1 aromatic heterocycles. The molecule has 102 valence electrons. The molecule has 0 unspecified atom stereocenters. The van der Waals surface area contributed by atoms with Crippen molar-refractivity contribution in [2.45, 2.75) is 6.54 Å². The van der Waals surface area contributed by atoms with Gasteiger partial charge in [0.1, 0.15) is 18.2 Å². The maximum absolute atomic E-state index is 13.1. The standard InChI is InChI=1S/C15H13FN2O2/c16-12-7-11(8-17-9-12)10-18-5-6-20-14-4-2-1-3-13(14)15(18)19/h1-4,7-9H,5-6,10H2. The summed E-state index contributed by atoms with van der Waals surface area (Å²) in [6.45, 7) is 1.21. The average Bonchev–Trinajstić information content (AvgIpc) is 2.60. The Bertz CT molecular complexity index is 645. The van der Waals surface area contributed by atoms with E-state index in [1.54, 1.807) is 29.3 Å². The maximum atomic E-state index is 13.1. The second-order valence-corrected chi connectivity index (χ2v) is 4.58. The summed E-state index contributed by atoms with van der Waals surface area (Å²) in [5.74, 6) is 0.0844. The first-order chi connectivity index (χ1) is 9.74. The van der Waals surface area contributed by atoms with E-state index in [1.165, 1.54) is 6.07 Å². The van der Waals surface area contributed by atoms with Gasteiger partial charge in [0.05, 0.1) is 18.3 Å². The smallest absolute Gasteiger partial charge is 0.258 e. The number of ether oxygens (including phenoxy) is 1. The zero-order valence-electron chi connectivity index (χ0n) is 10.8. The Kier molecular flexibility index (Phi) is 3.33. The molecule has 1 aliphatic heterocycles. The highest BCUT2D eigenvalue weighted by Gasteiger charge is 2.23. The van der Waals surface area contributed by atoms with Crippen LogP contribution in [0.4, 0.5) is 4.39 Å². The van der Waals surface area contributed by atoms with Gasteiger partial charge in [-0.05, 0) is 23.8 Å². The van der Waals surface area contributed by atoms with E-state index in [0.717, 1.165) is 6.20 Å². The summed E-state index contributed by atoms with van der Waals surface area (Å²) in [4.78, 5) is 17.9. The molecule has 0 saturated heterocycles. The lowest BCUT2D eigenvalue weighted by Gasteiger charge is -2.19. The average molecular weight is 272 g/mol. The van der Waals surface area contributed by atoms with Crippen molar-refractivity contribution in [2.24, 2.45) is 0 Å². The van der Waals surface area contributed by atoms with E-state index in [2.05, 4.69) is 4.98 Å². The lowest BCUT2D eigenvalue weighted by molar-refractivity contribution is 0.0742. The van der Waals surface area contributed by atoms with Crippen LogP contribution in [0, 0.1) is 5.82 Å². The number of hydrogen-bond acceptors (Lipinski definition) is 3. The molecule has 0 spiro atoms. The number of aromatic nitrogens is 1. The van der Waals surface area contributed by atoms with Gasteiger partial charge in [0, 0.05) is 12.7 Å². The Balaban J connectivity index is 1.86. The molecule has 0 aliphatic carbocycles. The second-order valence-electron chi connectivity index (χ2n) is 4.58. The van der Waals surface area contributed by atoms with Crippen molar-refractivity contribution in [3.8, 4) is 5.75 Å². The number of fused-ring (bicyclic) bond motifs is 1. The third-order valence-corrected chi connectivity index (χ3v) is 3.16. The van der Waals surface area contributed by atoms with Gasteiger partial charge >= 0.3 is 0 Å². The van der Waals surface area contributed by atoms with Crippen LogP contribution in [0.5, 0.6) is 5.75 Å². The minimum Gasteiger partial charge on any atom is -0.491 e. The molecule has 3 rings (SSSR count). The highest BCUT2D eigenvalue weighted by molar-refractivity contribution is 5.97. The van der Waals surface area contributed by atoms with Crippen molar-refractivity contribution in [3.05, 3.63) is 59.7 Å². The predicted molar refractivity (Wildman–Crippen MR) is 70.9 cm³/mol. The first-order valence-corrected chi connectivity index (χ1v) is 6.34. The fraction of sp³-hybridized carbons (Fsp3) is 0.200. The van der Waals surface area contributed by atoms with Crippen LogP contribution in [0.3, 0.4) is 0 Å². The molecule has 0 fully saturated rings. The van der Waals surface area contributed by atoms with Crippen molar-refractivity contribution in [1.29, 1.82) is 0 Å². The molecular formula is C15H13FN2O2. The Morgan fingerprint density at radius 1 is 1.30 bits per heavy atom. The van der Waals surface area contributed by atoms with Gasteiger partial charge in [-0.15, -0.1) is 0 Å². The zero-order chi connectivity index (χ0) is 13.9. The molecule has 4 nitrogen and oxygen atoms in total. The fourth-order valence-corrected chi connectivity index (χ4v) is 2.22. The summed E-state index contributed by atoms with van der Waals surface area (Å²) in [6.07, 6.45) is 2.71. The summed E-state index contributed by atoms with van der Waals surface area (Å²) in [5.41, 5.74) is 1.20. The lowest BCUT2D eigenvalue weighted by Crippen LogP contribution is -2.31. The number of pyridine rings is 1. The van der Waals surface area contributed by atoms with E-state index in [1.807, 2.05) is 6.07 Å². The molecule has 0 N–H and O–H groups in total. The number of rotatable bonds is 2. The SMILES string of the molecule is O=C1c2ccccc2OCCN1Cc1cncc(F)c1. The van der Waals surface area contributed by atoms with E-state index >= 15 is 0 Å². The van der Waals surface area contributed by atoms with Gasteiger partial charge in [0.15, 0.2) is 0 Å². The molecule has 0 bridgehead atoms. The highest BCUT2D eigenvalue weighted by atomic mass is 19.1. The first-order valence-electron chi connectivity index (χ1n) is 6.34. The molecule has 1 aliphatic rings. The van der Waals surface area contributed by atoms with Crippen LogP contribution < -0.4 is 4.74 Å². The molecule has 2 aromatic rings. The summed E-state index contributed by atoms with van der Waals surface area (Å²) >= 11 is 0. The van der Waals surface area contributed by atoms with Gasteiger partial charge in [0.2, 0.25) is 0 Å². The van der Waals surface area contributed by atoms with E-state index in [9.17, 15) is 9.18 Å². The minimum absolute atomic E-state index is 0.109. The normalized spacial score (nSPS) is 14.4. The van der Waals surface area contributed by atoms with Crippen LogP contribution in [0.2, 0.25) is 0 Å². The number of benzene rings is 1. The summed E-state index contributed by atoms with van der Waals surface area (Å²) in [6, 6.07) is 8.53. The summed E-state index contributed by atoms with van der Waals surface area (Å²) in [5, 5.41) is 0. The van der Waals surface area contributed by atoms with Crippen molar-refractivity contribution in [3.63, 3.8) is 0 Å². The molecule has 1 aromatic carbocycles. The topological polar surface area (TPSA) is 42.4 Å². The highest BCUT2D eigenvalue weighted by Crippen LogP contribution is 2.23. The van der Waals surface area contributed by atoms with Gasteiger partial charge in [-0.1, -0.05) is 12.1 Å². The fourth-order valence-electron chi connectivity index (χ4n) is 2.22. The Morgan fingerprint density at radius 3 is 3.00 bits per heavy atom. The quantitative estimate of drug-likeness (QED) is 0.842. The number of hydrogen-bond donors (Lipinski definition) is 0. The van der Waals surface area contributed by atoms with Crippen molar-refractivity contribution in [1.82, 2.24) is 9.88 Å². The third kappa shape index (κ3) is 2.47. The largest absolute Gasteiger partial charge is 0.491 e. The Labute approximate surface area is 115 Å². The van der Waals surface area contributed by atoms with Gasteiger partial charge in [0.25, 0.3) is 5.91 Å². The molecule has 0 atom stereocenters. The number of halogens is 1. The van der Waals surface area contributed by atoms with Gasteiger partial charge in [-0.3, -0.25) is 9.78 Å². The van der Waals surface area contributed by atoms with Gasteiger partial charge in [-0.25, -0.2) is 4.39 Å². The monoisotopic (exact) mass is 272 g/mol. The molecule has 5 heteroatoms. The van der Waals surface area contributed by atoms with E-state index in [4.69, 9.17) is 4.74 Å². The zero-order valence-corrected chi connectivity index (χ0v) is 10.8. The van der Waals surface area contributed by atoms with Crippen LogP contribution in [-0.2, 0) is 6.54 Å². The van der Waals surface area contributed by atoms with Crippen LogP contribution in [0.15, 0.2) is 42.7 Å². The summed E-state index contributed by atoms with van der Waals surface area (Å²) < 4.78 is 18.7. The van der Waals surface area contributed by atoms with Crippen LogP contribution in [-0.4, -0.2) is 28.9 Å². The Hall–Kier alpha value is -2.43. The number of para-hydroxylation sites is 1. The van der Waals surface area contributed by atoms with E-state index < -0.39 is 5.82 Å². The number of nitrogens with zero attached hydrogens (tertiary/aromatic N) is 2. The van der Waals surface area contributed by atoms with Gasteiger partial charge < -0.3 is 9.64 Å². The molecule has 0 saturated carbocycles. The van der Waals surface area contributed by atoms with Crippen LogP contribution in [0.25, 0.3) is 0 Å². The number of carbonyl (C=O) groups is 1. The number of carbonyl (C=O) groups excluding carboxylic acids is 1. The Morgan fingerprint density at radius 2 is 2.15 bits per heavy atom. The maximum Gasteiger partial charge on any atom is 0.258 e. The molecule has 1 amide bonds. The summed E-state index contributed by atoms with van der Waals surface area (Å²) in [7, 11) is 0. The molecule has 2 heterocycles. The van der Waals surface area contributed by atoms with E-state index in [0.29, 0.717) is 36.6 Å². The van der Waals surface area contributed by atoms with Crippen LogP contribution >= 0.6 is 0 Å². The van der Waals surface area contributed by atoms with E-state index in [-0.39, 0.29) is 5.91 Å². The van der Waals surface area contributed by atoms with Crippen molar-refractivity contribution in [2.75, 3.05) is 13.2 Å². The number of amides is 1. The first kappa shape index (κ1) is 12.6. The van der Waals surface area contributed by atoms with Gasteiger partial charge in [-0.2, -0.15) is 0 Å². The molecular weight excluding hydrogens is 259 g/mol. The molecule has 0 radical (unpaired) electrons. The van der Waals surface area contributed by atoms with Crippen LogP contribution in [0.1, 0.15) is 15.9 Å². The second kappa shape index (κ2) is 5.28. The molecule has 20 heavy (non-hydrogen) atoms. The third-order valence-electron chi connectivity index (χ3n) is 3.16.